The highest BCUT2D eigenvalue weighted by Crippen LogP contribution is 2.30. The predicted octanol–water partition coefficient (Wildman–Crippen LogP) is 5.46. The van der Waals surface area contributed by atoms with Crippen molar-refractivity contribution >= 4 is 24.4 Å². The molecule has 0 fully saturated rings. The minimum atomic E-state index is -1.10. The highest BCUT2D eigenvalue weighted by Gasteiger charge is 2.26. The third-order valence-electron chi connectivity index (χ3n) is 5.65. The number of ether oxygens (including phenoxy) is 7. The second-order valence-electron chi connectivity index (χ2n) is 9.38. The lowest BCUT2D eigenvalue weighted by Gasteiger charge is -2.22. The zero-order valence-corrected chi connectivity index (χ0v) is 24.4. The van der Waals surface area contributed by atoms with E-state index in [1.807, 2.05) is 13.8 Å². The van der Waals surface area contributed by atoms with Crippen LogP contribution in [0.15, 0.2) is 18.2 Å². The Labute approximate surface area is 235 Å². The van der Waals surface area contributed by atoms with Crippen LogP contribution in [0.1, 0.15) is 79.7 Å². The van der Waals surface area contributed by atoms with Crippen LogP contribution in [-0.2, 0) is 34.9 Å². The molecule has 0 amide bonds. The van der Waals surface area contributed by atoms with Crippen LogP contribution in [0, 0.1) is 0 Å². The SMILES string of the molecule is CCCC(C)OC(=O)Oc1ccc(C[C@H](N)C(=O)O[C@@H](C)[C@H](C)OC(=O)OCC)cc1OC(=O)OC(C)CCC. The van der Waals surface area contributed by atoms with Crippen molar-refractivity contribution in [3.63, 3.8) is 0 Å². The average molecular weight is 570 g/mol. The molecule has 0 saturated carbocycles. The number of nitrogens with two attached hydrogens (primary N) is 1. The Bertz CT molecular complexity index is 968. The summed E-state index contributed by atoms with van der Waals surface area (Å²) in [5.74, 6) is -0.931. The predicted molar refractivity (Wildman–Crippen MR) is 144 cm³/mol. The van der Waals surface area contributed by atoms with Crippen LogP contribution in [0.3, 0.4) is 0 Å². The van der Waals surface area contributed by atoms with Gasteiger partial charge in [-0.1, -0.05) is 32.8 Å². The highest BCUT2D eigenvalue weighted by atomic mass is 16.8. The van der Waals surface area contributed by atoms with Gasteiger partial charge in [-0.15, -0.1) is 0 Å². The topological polar surface area (TPSA) is 159 Å². The lowest BCUT2D eigenvalue weighted by atomic mass is 10.1. The molecule has 0 bridgehead atoms. The van der Waals surface area contributed by atoms with Crippen molar-refractivity contribution < 1.29 is 52.3 Å². The summed E-state index contributed by atoms with van der Waals surface area (Å²) in [4.78, 5) is 48.7. The molecule has 12 nitrogen and oxygen atoms in total. The first kappa shape index (κ1) is 34.5. The zero-order chi connectivity index (χ0) is 30.2. The molecule has 2 unspecified atom stereocenters. The van der Waals surface area contributed by atoms with Gasteiger partial charge in [-0.25, -0.2) is 14.4 Å². The Morgan fingerprint density at radius 1 is 0.725 bits per heavy atom. The molecule has 0 radical (unpaired) electrons. The Morgan fingerprint density at radius 3 is 1.77 bits per heavy atom. The highest BCUT2D eigenvalue weighted by molar-refractivity contribution is 5.76. The minimum absolute atomic E-state index is 0.00538. The molecule has 0 saturated heterocycles. The third-order valence-corrected chi connectivity index (χ3v) is 5.65. The van der Waals surface area contributed by atoms with Gasteiger partial charge in [-0.3, -0.25) is 4.79 Å². The van der Waals surface area contributed by atoms with Crippen LogP contribution in [0.4, 0.5) is 14.4 Å². The molecule has 0 aromatic heterocycles. The molecule has 1 aromatic carbocycles. The number of rotatable bonds is 15. The molecule has 1 rings (SSSR count). The molecule has 0 aliphatic carbocycles. The zero-order valence-electron chi connectivity index (χ0n) is 24.4. The van der Waals surface area contributed by atoms with Gasteiger partial charge in [0.15, 0.2) is 11.5 Å². The number of benzene rings is 1. The van der Waals surface area contributed by atoms with Crippen molar-refractivity contribution in [1.82, 2.24) is 0 Å². The Hall–Kier alpha value is -3.54. The summed E-state index contributed by atoms with van der Waals surface area (Å²) in [6, 6.07) is 3.26. The van der Waals surface area contributed by atoms with Crippen LogP contribution >= 0.6 is 0 Å². The molecule has 0 aliphatic rings. The van der Waals surface area contributed by atoms with Crippen molar-refractivity contribution in [2.24, 2.45) is 5.73 Å². The van der Waals surface area contributed by atoms with E-state index in [9.17, 15) is 19.2 Å². The molecular weight excluding hydrogens is 526 g/mol. The summed E-state index contributed by atoms with van der Waals surface area (Å²) in [7, 11) is 0. The first-order valence-corrected chi connectivity index (χ1v) is 13.6. The van der Waals surface area contributed by atoms with Gasteiger partial charge in [0.25, 0.3) is 0 Å². The molecule has 0 spiro atoms. The molecule has 1 aromatic rings. The Morgan fingerprint density at radius 2 is 1.25 bits per heavy atom. The van der Waals surface area contributed by atoms with E-state index >= 15 is 0 Å². The molecule has 0 aliphatic heterocycles. The monoisotopic (exact) mass is 569 g/mol. The van der Waals surface area contributed by atoms with Crippen LogP contribution in [0.2, 0.25) is 0 Å². The van der Waals surface area contributed by atoms with Crippen molar-refractivity contribution in [2.45, 2.75) is 111 Å². The van der Waals surface area contributed by atoms with E-state index in [0.717, 1.165) is 12.8 Å². The largest absolute Gasteiger partial charge is 0.514 e. The summed E-state index contributed by atoms with van der Waals surface area (Å²) in [5, 5.41) is 0. The molecule has 12 heteroatoms. The molecule has 226 valence electrons. The fourth-order valence-electron chi connectivity index (χ4n) is 3.43. The van der Waals surface area contributed by atoms with Crippen LogP contribution in [0.25, 0.3) is 0 Å². The number of carbonyl (C=O) groups excluding carboxylic acids is 4. The van der Waals surface area contributed by atoms with E-state index in [1.165, 1.54) is 12.1 Å². The van der Waals surface area contributed by atoms with Crippen molar-refractivity contribution in [2.75, 3.05) is 6.61 Å². The van der Waals surface area contributed by atoms with E-state index in [1.54, 1.807) is 40.7 Å². The normalized spacial score (nSPS) is 14.5. The number of esters is 1. The van der Waals surface area contributed by atoms with Gasteiger partial charge in [-0.05, 0) is 71.6 Å². The summed E-state index contributed by atoms with van der Waals surface area (Å²) < 4.78 is 36.2. The van der Waals surface area contributed by atoms with Gasteiger partial charge in [-0.2, -0.15) is 0 Å². The maximum Gasteiger partial charge on any atom is 0.514 e. The second kappa shape index (κ2) is 17.9. The fourth-order valence-corrected chi connectivity index (χ4v) is 3.43. The lowest BCUT2D eigenvalue weighted by molar-refractivity contribution is -0.155. The molecule has 0 heterocycles. The van der Waals surface area contributed by atoms with Crippen molar-refractivity contribution in [1.29, 1.82) is 0 Å². The first-order chi connectivity index (χ1) is 18.9. The second-order valence-corrected chi connectivity index (χ2v) is 9.38. The number of carbonyl (C=O) groups is 4. The summed E-state index contributed by atoms with van der Waals surface area (Å²) >= 11 is 0. The van der Waals surface area contributed by atoms with Crippen LogP contribution < -0.4 is 15.2 Å². The quantitative estimate of drug-likeness (QED) is 0.162. The molecule has 40 heavy (non-hydrogen) atoms. The van der Waals surface area contributed by atoms with Gasteiger partial charge < -0.3 is 38.9 Å². The first-order valence-electron chi connectivity index (χ1n) is 13.6. The number of hydrogen-bond donors (Lipinski definition) is 1. The molecule has 5 atom stereocenters. The van der Waals surface area contributed by atoms with Gasteiger partial charge in [0.2, 0.25) is 0 Å². The number of hydrogen-bond acceptors (Lipinski definition) is 12. The van der Waals surface area contributed by atoms with Gasteiger partial charge in [0, 0.05) is 0 Å². The fraction of sp³-hybridized carbons (Fsp3) is 0.643. The molecular formula is C28H43NO11. The molecule has 2 N–H and O–H groups in total. The summed E-state index contributed by atoms with van der Waals surface area (Å²) in [5.41, 5.74) is 6.54. The van der Waals surface area contributed by atoms with Crippen molar-refractivity contribution in [3.05, 3.63) is 23.8 Å². The van der Waals surface area contributed by atoms with Gasteiger partial charge >= 0.3 is 24.4 Å². The third kappa shape index (κ3) is 13.0. The maximum absolute atomic E-state index is 12.6. The van der Waals surface area contributed by atoms with Crippen LogP contribution in [0.5, 0.6) is 11.5 Å². The standard InChI is InChI=1S/C28H43NO11/c1-8-11-17(4)35-27(32)39-23-14-13-21(16-24(23)40-28(33)36-18(5)12-9-2)15-22(29)25(30)37-19(6)20(7)38-26(31)34-10-3/h13-14,16-20,22H,8-12,15,29H2,1-7H3/t17?,18?,19-,20-,22-/m0/s1. The van der Waals surface area contributed by atoms with E-state index in [0.29, 0.717) is 18.4 Å². The average Bonchev–Trinajstić information content (AvgIpc) is 2.85. The minimum Gasteiger partial charge on any atom is -0.458 e. The Kier molecular flexibility index (Phi) is 15.5. The van der Waals surface area contributed by atoms with E-state index in [-0.39, 0.29) is 36.7 Å². The van der Waals surface area contributed by atoms with E-state index in [2.05, 4.69) is 0 Å². The van der Waals surface area contributed by atoms with Gasteiger partial charge in [0.05, 0.1) is 6.61 Å². The summed E-state index contributed by atoms with van der Waals surface area (Å²) in [6.45, 7) is 12.3. The smallest absolute Gasteiger partial charge is 0.458 e. The Balaban J connectivity index is 2.98. The summed E-state index contributed by atoms with van der Waals surface area (Å²) in [6.07, 6.45) is -2.22. The van der Waals surface area contributed by atoms with Crippen molar-refractivity contribution in [3.8, 4) is 11.5 Å². The lowest BCUT2D eigenvalue weighted by Crippen LogP contribution is -2.39. The maximum atomic E-state index is 12.6. The van der Waals surface area contributed by atoms with Crippen LogP contribution in [-0.4, -0.2) is 61.5 Å². The van der Waals surface area contributed by atoms with Gasteiger partial charge in [0.1, 0.15) is 30.5 Å². The van der Waals surface area contributed by atoms with E-state index < -0.39 is 42.7 Å². The van der Waals surface area contributed by atoms with E-state index in [4.69, 9.17) is 38.9 Å².